The molecule has 0 heterocycles. The summed E-state index contributed by atoms with van der Waals surface area (Å²) in [5, 5.41) is 21.3. The number of halogens is 10. The number of phenols is 2. The average Bonchev–Trinajstić information content (AvgIpc) is 3.32. The number of rotatable bonds is 14. The van der Waals surface area contributed by atoms with Crippen molar-refractivity contribution in [3.63, 3.8) is 0 Å². The van der Waals surface area contributed by atoms with Crippen LogP contribution in [0.25, 0.3) is 0 Å². The van der Waals surface area contributed by atoms with Crippen LogP contribution in [-0.4, -0.2) is 35.9 Å². The van der Waals surface area contributed by atoms with Crippen molar-refractivity contribution in [1.29, 1.82) is 0 Å². The molecule has 2 atom stereocenters. The number of phenolic OH excluding ortho intramolecular Hbond substituents is 2. The fraction of sp³-hybridized carbons (Fsp3) is 0.125. The number of benzene rings is 6. The standard InChI is InChI=1S/2C24H19F4NO2.2ClH.Ti/c2*1-3-12-31-24-20(27)18(25)22(19(26)21(24)28)29-13-16-10-7-11-17(23(16)30)14(2)15-8-5-4-6-9-15;;;/h2*3-11,13-14,30H,1,12H2,2H3;2*1H;/q;;;;+2/p-2. The van der Waals surface area contributed by atoms with Gasteiger partial charge in [-0.15, -0.1) is 0 Å². The van der Waals surface area contributed by atoms with Gasteiger partial charge in [-0.25, -0.2) is 27.5 Å². The van der Waals surface area contributed by atoms with Crippen LogP contribution in [0.5, 0.6) is 23.0 Å². The number of ether oxygens (including phenoxy) is 2. The van der Waals surface area contributed by atoms with Gasteiger partial charge in [-0.2, -0.15) is 17.6 Å². The van der Waals surface area contributed by atoms with E-state index in [-0.39, 0.29) is 47.7 Å². The molecule has 0 spiro atoms. The molecule has 0 fully saturated rings. The SMILES string of the molecule is C=CCOc1c(F)c(F)c(N=Cc2cccc(C(C)c3ccccc3)c2O)c(F)c1F.C=CCOc1c(F)c(F)c(N=Cc2cccc(C(C)c3ccccc3)c2O)c(F)c1F.[Cl][Ti][Cl]. The first kappa shape index (κ1) is 51.7. The van der Waals surface area contributed by atoms with Gasteiger partial charge in [-0.3, -0.25) is 0 Å². The summed E-state index contributed by atoms with van der Waals surface area (Å²) in [7, 11) is 9.78. The molecule has 2 N–H and O–H groups in total. The Kier molecular flexibility index (Phi) is 19.8. The maximum atomic E-state index is 14.3. The van der Waals surface area contributed by atoms with E-state index in [1.807, 2.05) is 74.5 Å². The summed E-state index contributed by atoms with van der Waals surface area (Å²) in [6.07, 6.45) is 4.24. The molecule has 0 saturated heterocycles. The summed E-state index contributed by atoms with van der Waals surface area (Å²) in [4.78, 5) is 7.12. The fourth-order valence-corrected chi connectivity index (χ4v) is 6.14. The molecule has 6 aromatic carbocycles. The summed E-state index contributed by atoms with van der Waals surface area (Å²) in [6, 6.07) is 28.4. The van der Waals surface area contributed by atoms with E-state index in [2.05, 4.69) is 32.6 Å². The monoisotopic (exact) mass is 976 g/mol. The quantitative estimate of drug-likeness (QED) is 0.0374. The maximum absolute atomic E-state index is 14.3. The summed E-state index contributed by atoms with van der Waals surface area (Å²) in [5.41, 5.74) is 0.942. The Hall–Kier alpha value is -5.93. The van der Waals surface area contributed by atoms with E-state index in [9.17, 15) is 45.3 Å². The van der Waals surface area contributed by atoms with Gasteiger partial charge in [-0.1, -0.05) is 124 Å². The first-order chi connectivity index (χ1) is 31.1. The van der Waals surface area contributed by atoms with Crippen molar-refractivity contribution in [3.8, 4) is 23.0 Å². The first-order valence-electron chi connectivity index (χ1n) is 19.1. The molecule has 0 amide bonds. The van der Waals surface area contributed by atoms with Gasteiger partial charge in [-0.05, 0) is 23.3 Å². The van der Waals surface area contributed by atoms with Gasteiger partial charge in [0.2, 0.25) is 23.3 Å². The minimum absolute atomic E-state index is 0.131. The van der Waals surface area contributed by atoms with Crippen LogP contribution in [0.2, 0.25) is 0 Å². The molecule has 0 bridgehead atoms. The van der Waals surface area contributed by atoms with Crippen molar-refractivity contribution < 1.29 is 71.8 Å². The van der Waals surface area contributed by atoms with Gasteiger partial charge in [0.25, 0.3) is 0 Å². The molecule has 0 aromatic heterocycles. The third-order valence-corrected chi connectivity index (χ3v) is 9.49. The zero-order valence-corrected chi connectivity index (χ0v) is 37.5. The van der Waals surface area contributed by atoms with Crippen molar-refractivity contribution in [2.24, 2.45) is 9.98 Å². The van der Waals surface area contributed by atoms with E-state index in [0.717, 1.165) is 23.6 Å². The van der Waals surface area contributed by atoms with E-state index in [0.29, 0.717) is 11.1 Å². The number of para-hydroxylation sites is 2. The van der Waals surface area contributed by atoms with Crippen molar-refractivity contribution >= 4 is 42.4 Å². The van der Waals surface area contributed by atoms with Crippen molar-refractivity contribution in [2.45, 2.75) is 25.7 Å². The van der Waals surface area contributed by atoms with Gasteiger partial charge in [0.15, 0.2) is 34.8 Å². The summed E-state index contributed by atoms with van der Waals surface area (Å²) in [6.45, 7) is 9.70. The van der Waals surface area contributed by atoms with Crippen LogP contribution in [0.3, 0.4) is 0 Å². The Labute approximate surface area is 386 Å². The molecular formula is C48H38Cl2F8N2O4Ti. The Morgan fingerprint density at radius 2 is 0.831 bits per heavy atom. The first-order valence-corrected chi connectivity index (χ1v) is 23.4. The van der Waals surface area contributed by atoms with Gasteiger partial charge >= 0.3 is 35.6 Å². The molecular weight excluding hydrogens is 939 g/mol. The van der Waals surface area contributed by atoms with E-state index in [1.54, 1.807) is 24.3 Å². The van der Waals surface area contributed by atoms with E-state index < -0.39 is 86.4 Å². The fourth-order valence-electron chi connectivity index (χ4n) is 6.14. The van der Waals surface area contributed by atoms with Gasteiger partial charge in [0.1, 0.15) is 36.1 Å². The molecule has 65 heavy (non-hydrogen) atoms. The van der Waals surface area contributed by atoms with Crippen LogP contribution in [0, 0.1) is 46.5 Å². The van der Waals surface area contributed by atoms with Crippen LogP contribution in [0.4, 0.5) is 46.5 Å². The number of hydrogen-bond acceptors (Lipinski definition) is 6. The molecule has 0 aliphatic rings. The third-order valence-electron chi connectivity index (χ3n) is 9.49. The molecule has 0 aliphatic heterocycles. The van der Waals surface area contributed by atoms with Crippen LogP contribution in [0.15, 0.2) is 132 Å². The van der Waals surface area contributed by atoms with Gasteiger partial charge in [0, 0.05) is 46.5 Å². The summed E-state index contributed by atoms with van der Waals surface area (Å²) >= 11 is -0.556. The molecule has 0 saturated carbocycles. The Morgan fingerprint density at radius 1 is 0.523 bits per heavy atom. The number of hydrogen-bond donors (Lipinski definition) is 2. The van der Waals surface area contributed by atoms with E-state index in [4.69, 9.17) is 18.6 Å². The molecule has 6 rings (SSSR count). The normalized spacial score (nSPS) is 11.8. The molecule has 0 radical (unpaired) electrons. The predicted molar refractivity (Wildman–Crippen MR) is 234 cm³/mol. The zero-order valence-electron chi connectivity index (χ0n) is 34.4. The number of nitrogens with zero attached hydrogens (tertiary/aromatic N) is 2. The summed E-state index contributed by atoms with van der Waals surface area (Å²) < 4.78 is 123. The topological polar surface area (TPSA) is 83.6 Å². The Morgan fingerprint density at radius 3 is 1.12 bits per heavy atom. The average molecular weight is 978 g/mol. The summed E-state index contributed by atoms with van der Waals surface area (Å²) in [5.74, 6) is -16.7. The van der Waals surface area contributed by atoms with E-state index in [1.165, 1.54) is 24.3 Å². The second-order valence-corrected chi connectivity index (χ2v) is 16.1. The molecule has 6 nitrogen and oxygen atoms in total. The number of aromatic hydroxyl groups is 2. The second-order valence-electron chi connectivity index (χ2n) is 13.5. The molecule has 6 aromatic rings. The third kappa shape index (κ3) is 12.7. The van der Waals surface area contributed by atoms with Crippen LogP contribution in [0.1, 0.15) is 59.1 Å². The van der Waals surface area contributed by atoms with Crippen LogP contribution >= 0.6 is 18.6 Å². The molecule has 2 unspecified atom stereocenters. The molecule has 17 heteroatoms. The Balaban J connectivity index is 0.000000268. The zero-order chi connectivity index (χ0) is 47.8. The van der Waals surface area contributed by atoms with E-state index >= 15 is 0 Å². The van der Waals surface area contributed by atoms with Gasteiger partial charge < -0.3 is 19.7 Å². The van der Waals surface area contributed by atoms with Gasteiger partial charge in [0.05, 0.1) is 0 Å². The Bertz CT molecular complexity index is 2420. The van der Waals surface area contributed by atoms with Crippen LogP contribution in [-0.2, 0) is 17.0 Å². The molecule has 0 aliphatic carbocycles. The minimum atomic E-state index is -1.71. The predicted octanol–water partition coefficient (Wildman–Crippen LogP) is 14.2. The van der Waals surface area contributed by atoms with Crippen molar-refractivity contribution in [1.82, 2.24) is 0 Å². The number of aliphatic imine (C=N–C) groups is 2. The second kappa shape index (κ2) is 25.0. The van der Waals surface area contributed by atoms with Crippen molar-refractivity contribution in [3.05, 3.63) is 202 Å². The molecule has 338 valence electrons. The van der Waals surface area contributed by atoms with Crippen molar-refractivity contribution in [2.75, 3.05) is 13.2 Å². The van der Waals surface area contributed by atoms with Crippen LogP contribution < -0.4 is 9.47 Å².